The lowest BCUT2D eigenvalue weighted by Gasteiger charge is -2.19. The summed E-state index contributed by atoms with van der Waals surface area (Å²) in [4.78, 5) is 0. The Balaban J connectivity index is 1.92. The lowest BCUT2D eigenvalue weighted by Crippen LogP contribution is -2.21. The lowest BCUT2D eigenvalue weighted by molar-refractivity contribution is 0.593. The third-order valence-electron chi connectivity index (χ3n) is 6.10. The van der Waals surface area contributed by atoms with Gasteiger partial charge in [0.25, 0.3) is 0 Å². The summed E-state index contributed by atoms with van der Waals surface area (Å²) in [6.07, 6.45) is 0. The molecule has 0 saturated heterocycles. The lowest BCUT2D eigenvalue weighted by atomic mass is 9.92. The van der Waals surface area contributed by atoms with Gasteiger partial charge in [-0.1, -0.05) is 103 Å². The van der Waals surface area contributed by atoms with E-state index in [-0.39, 0.29) is 0 Å². The van der Waals surface area contributed by atoms with E-state index in [1.165, 1.54) is 21.7 Å². The number of aryl methyl sites for hydroxylation is 1. The van der Waals surface area contributed by atoms with Crippen LogP contribution in [0.4, 0.5) is 0 Å². The average Bonchev–Trinajstić information content (AvgIpc) is 3.05. The predicted octanol–water partition coefficient (Wildman–Crippen LogP) is 5.92. The fourth-order valence-corrected chi connectivity index (χ4v) is 8.15. The van der Waals surface area contributed by atoms with Crippen molar-refractivity contribution < 1.29 is 4.57 Å². The van der Waals surface area contributed by atoms with Gasteiger partial charge in [0.15, 0.2) is 7.14 Å². The summed E-state index contributed by atoms with van der Waals surface area (Å²) in [7, 11) is -2.96. The maximum Gasteiger partial charge on any atom is 0.172 e. The van der Waals surface area contributed by atoms with Gasteiger partial charge < -0.3 is 4.57 Å². The maximum absolute atomic E-state index is 15.0. The molecule has 5 aromatic rings. The molecule has 0 aromatic heterocycles. The van der Waals surface area contributed by atoms with Crippen molar-refractivity contribution in [2.24, 2.45) is 0 Å². The molecule has 0 fully saturated rings. The Hall–Kier alpha value is -3.15. The number of fused-ring (bicyclic) bond motifs is 8. The first-order valence-corrected chi connectivity index (χ1v) is 11.6. The minimum atomic E-state index is -2.96. The molecule has 1 aliphatic heterocycles. The summed E-state index contributed by atoms with van der Waals surface area (Å²) in [5, 5.41) is 7.55. The molecule has 0 amide bonds. The second-order valence-corrected chi connectivity index (χ2v) is 10.4. The summed E-state index contributed by atoms with van der Waals surface area (Å²) in [5.41, 5.74) is 3.48. The van der Waals surface area contributed by atoms with Crippen molar-refractivity contribution in [3.8, 4) is 11.1 Å². The average molecular weight is 390 g/mol. The number of hydrogen-bond acceptors (Lipinski definition) is 1. The van der Waals surface area contributed by atoms with Crippen molar-refractivity contribution in [3.05, 3.63) is 103 Å². The smallest absolute Gasteiger partial charge is 0.172 e. The van der Waals surface area contributed by atoms with Crippen molar-refractivity contribution in [3.63, 3.8) is 0 Å². The predicted molar refractivity (Wildman–Crippen MR) is 125 cm³/mol. The Morgan fingerprint density at radius 1 is 0.621 bits per heavy atom. The van der Waals surface area contributed by atoms with Crippen LogP contribution in [0, 0.1) is 6.92 Å². The second-order valence-electron chi connectivity index (χ2n) is 7.78. The van der Waals surface area contributed by atoms with Crippen LogP contribution in [0.1, 0.15) is 5.56 Å². The van der Waals surface area contributed by atoms with E-state index >= 15 is 0 Å². The third-order valence-corrected chi connectivity index (χ3v) is 9.29. The molecule has 1 unspecified atom stereocenters. The SMILES string of the molecule is Cc1ccc2c3c(c4ccccc4c2c1)P(=O)(c1ccccc1)c1ccccc1-3. The van der Waals surface area contributed by atoms with Crippen LogP contribution in [0.15, 0.2) is 97.1 Å². The van der Waals surface area contributed by atoms with E-state index in [0.29, 0.717) is 0 Å². The highest BCUT2D eigenvalue weighted by Gasteiger charge is 2.42. The van der Waals surface area contributed by atoms with Crippen LogP contribution in [-0.4, -0.2) is 0 Å². The molecule has 0 saturated carbocycles. The Bertz CT molecular complexity index is 1480. The third kappa shape index (κ3) is 2.14. The van der Waals surface area contributed by atoms with Gasteiger partial charge in [0.1, 0.15) is 0 Å². The van der Waals surface area contributed by atoms with E-state index in [1.807, 2.05) is 36.4 Å². The maximum atomic E-state index is 15.0. The van der Waals surface area contributed by atoms with E-state index in [1.54, 1.807) is 0 Å². The molecular weight excluding hydrogens is 371 g/mol. The van der Waals surface area contributed by atoms with Crippen LogP contribution in [0.5, 0.6) is 0 Å². The largest absolute Gasteiger partial charge is 0.309 e. The summed E-state index contributed by atoms with van der Waals surface area (Å²) < 4.78 is 15.0. The molecule has 5 aromatic carbocycles. The van der Waals surface area contributed by atoms with Crippen molar-refractivity contribution in [1.29, 1.82) is 0 Å². The van der Waals surface area contributed by atoms with Gasteiger partial charge >= 0.3 is 0 Å². The van der Waals surface area contributed by atoms with Gasteiger partial charge in [-0.05, 0) is 34.0 Å². The zero-order chi connectivity index (χ0) is 19.6. The van der Waals surface area contributed by atoms with Crippen molar-refractivity contribution >= 4 is 44.6 Å². The van der Waals surface area contributed by atoms with Crippen LogP contribution < -0.4 is 15.9 Å². The topological polar surface area (TPSA) is 17.1 Å². The van der Waals surface area contributed by atoms with Gasteiger partial charge in [0.05, 0.1) is 0 Å². The van der Waals surface area contributed by atoms with Gasteiger partial charge in [-0.3, -0.25) is 0 Å². The molecule has 1 nitrogen and oxygen atoms in total. The second kappa shape index (κ2) is 5.92. The normalized spacial score (nSPS) is 17.4. The molecule has 2 heteroatoms. The van der Waals surface area contributed by atoms with E-state index in [4.69, 9.17) is 0 Å². The quantitative estimate of drug-likeness (QED) is 0.252. The molecule has 0 spiro atoms. The summed E-state index contributed by atoms with van der Waals surface area (Å²) in [6.45, 7) is 2.13. The van der Waals surface area contributed by atoms with Gasteiger partial charge in [-0.15, -0.1) is 0 Å². The van der Waals surface area contributed by atoms with Crippen molar-refractivity contribution in [2.75, 3.05) is 0 Å². The molecule has 0 radical (unpaired) electrons. The Morgan fingerprint density at radius 3 is 2.14 bits per heavy atom. The van der Waals surface area contributed by atoms with E-state index in [9.17, 15) is 4.57 Å². The molecular formula is C27H19OP. The molecule has 29 heavy (non-hydrogen) atoms. The van der Waals surface area contributed by atoms with Crippen LogP contribution in [-0.2, 0) is 4.57 Å². The number of benzene rings is 5. The van der Waals surface area contributed by atoms with Gasteiger partial charge in [0.2, 0.25) is 0 Å². The van der Waals surface area contributed by atoms with Crippen LogP contribution in [0.3, 0.4) is 0 Å². The first-order valence-electron chi connectivity index (χ1n) is 9.91. The minimum absolute atomic E-state index is 0.905. The Labute approximate surface area is 170 Å². The van der Waals surface area contributed by atoms with Crippen LogP contribution in [0.2, 0.25) is 0 Å². The number of hydrogen-bond donors (Lipinski definition) is 0. The summed E-state index contributed by atoms with van der Waals surface area (Å²) >= 11 is 0. The summed E-state index contributed by atoms with van der Waals surface area (Å²) in [5.74, 6) is 0. The van der Waals surface area contributed by atoms with E-state index < -0.39 is 7.14 Å². The Kier molecular flexibility index (Phi) is 3.43. The summed E-state index contributed by atoms with van der Waals surface area (Å²) in [6, 6.07) is 33.3. The molecule has 1 atom stereocenters. The zero-order valence-corrected chi connectivity index (χ0v) is 17.0. The molecule has 0 bridgehead atoms. The van der Waals surface area contributed by atoms with Gasteiger partial charge in [-0.2, -0.15) is 0 Å². The van der Waals surface area contributed by atoms with Crippen molar-refractivity contribution in [1.82, 2.24) is 0 Å². The van der Waals surface area contributed by atoms with Crippen LogP contribution >= 0.6 is 7.14 Å². The van der Waals surface area contributed by atoms with Crippen molar-refractivity contribution in [2.45, 2.75) is 6.92 Å². The standard InChI is InChI=1S/C27H19OP/c1-18-15-16-21-24(17-18)20-11-5-6-12-22(20)27-26(21)23-13-7-8-14-25(23)29(27,28)19-9-3-2-4-10-19/h2-17H,1H3. The van der Waals surface area contributed by atoms with E-state index in [2.05, 4.69) is 67.6 Å². The zero-order valence-electron chi connectivity index (χ0n) is 16.1. The van der Waals surface area contributed by atoms with E-state index in [0.717, 1.165) is 32.4 Å². The number of rotatable bonds is 1. The minimum Gasteiger partial charge on any atom is -0.309 e. The first kappa shape index (κ1) is 16.8. The highest BCUT2D eigenvalue weighted by atomic mass is 31.2. The Morgan fingerprint density at radius 2 is 1.31 bits per heavy atom. The molecule has 6 rings (SSSR count). The fourth-order valence-electron chi connectivity index (χ4n) is 4.87. The fraction of sp³-hybridized carbons (Fsp3) is 0.0370. The molecule has 0 N–H and O–H groups in total. The molecule has 138 valence electrons. The highest BCUT2D eigenvalue weighted by Crippen LogP contribution is 2.55. The monoisotopic (exact) mass is 390 g/mol. The highest BCUT2D eigenvalue weighted by molar-refractivity contribution is 7.87. The van der Waals surface area contributed by atoms with Gasteiger partial charge in [0, 0.05) is 21.5 Å². The molecule has 0 aliphatic carbocycles. The molecule has 1 aliphatic rings. The first-order chi connectivity index (χ1) is 14.2. The van der Waals surface area contributed by atoms with Gasteiger partial charge in [-0.25, -0.2) is 0 Å². The van der Waals surface area contributed by atoms with Crippen LogP contribution in [0.25, 0.3) is 32.7 Å². The molecule has 1 heterocycles.